The number of carbonyl (C=O) groups is 1. The molecule has 0 heterocycles. The largest absolute Gasteiger partial charge is 0.445 e. The van der Waals surface area contributed by atoms with Crippen molar-refractivity contribution in [2.45, 2.75) is 38.8 Å². The average molecular weight is 246 g/mol. The van der Waals surface area contributed by atoms with Crippen molar-refractivity contribution in [2.75, 3.05) is 0 Å². The number of nitriles is 1. The number of nitrogens with one attached hydrogen (secondary N) is 1. The molecule has 4 nitrogen and oxygen atoms in total. The van der Waals surface area contributed by atoms with Crippen molar-refractivity contribution >= 4 is 6.09 Å². The van der Waals surface area contributed by atoms with Crippen molar-refractivity contribution in [3.63, 3.8) is 0 Å². The molecule has 0 saturated heterocycles. The summed E-state index contributed by atoms with van der Waals surface area (Å²) in [6.45, 7) is 2.26. The second-order valence-electron chi connectivity index (χ2n) is 4.03. The topological polar surface area (TPSA) is 62.1 Å². The number of amides is 1. The third kappa shape index (κ3) is 5.35. The zero-order valence-corrected chi connectivity index (χ0v) is 10.6. The number of nitrogens with zero attached hydrogens (tertiary/aromatic N) is 1. The van der Waals surface area contributed by atoms with Crippen LogP contribution in [0.5, 0.6) is 0 Å². The van der Waals surface area contributed by atoms with E-state index in [0.717, 1.165) is 18.4 Å². The normalized spacial score (nSPS) is 11.3. The van der Waals surface area contributed by atoms with Crippen LogP contribution in [-0.4, -0.2) is 12.1 Å². The maximum Gasteiger partial charge on any atom is 0.408 e. The minimum absolute atomic E-state index is 0.221. The van der Waals surface area contributed by atoms with Gasteiger partial charge in [-0.15, -0.1) is 0 Å². The zero-order chi connectivity index (χ0) is 13.2. The molecule has 18 heavy (non-hydrogen) atoms. The van der Waals surface area contributed by atoms with Gasteiger partial charge in [0.2, 0.25) is 0 Å². The van der Waals surface area contributed by atoms with Gasteiger partial charge in [0.05, 0.1) is 6.07 Å². The van der Waals surface area contributed by atoms with Crippen LogP contribution in [0.15, 0.2) is 30.3 Å². The number of benzene rings is 1. The molecule has 0 bridgehead atoms. The molecule has 0 aliphatic heterocycles. The minimum atomic E-state index is -0.540. The highest BCUT2D eigenvalue weighted by atomic mass is 16.5. The van der Waals surface area contributed by atoms with E-state index in [2.05, 4.69) is 11.4 Å². The third-order valence-electron chi connectivity index (χ3n) is 2.51. The van der Waals surface area contributed by atoms with Crippen LogP contribution in [0.4, 0.5) is 4.79 Å². The molecule has 4 heteroatoms. The maximum absolute atomic E-state index is 11.5. The quantitative estimate of drug-likeness (QED) is 0.839. The summed E-state index contributed by atoms with van der Waals surface area (Å²) >= 11 is 0. The van der Waals surface area contributed by atoms with Gasteiger partial charge in [0.15, 0.2) is 0 Å². The summed E-state index contributed by atoms with van der Waals surface area (Å²) in [6.07, 6.45) is 2.03. The fraction of sp³-hybridized carbons (Fsp3) is 0.429. The summed E-state index contributed by atoms with van der Waals surface area (Å²) in [5.41, 5.74) is 0.926. The molecule has 1 N–H and O–H groups in total. The Kier molecular flexibility index (Phi) is 6.34. The summed E-state index contributed by atoms with van der Waals surface area (Å²) < 4.78 is 5.04. The lowest BCUT2D eigenvalue weighted by atomic mass is 10.1. The van der Waals surface area contributed by atoms with Crippen molar-refractivity contribution in [1.82, 2.24) is 5.32 Å². The van der Waals surface area contributed by atoms with Crippen LogP contribution in [0.1, 0.15) is 31.7 Å². The Balaban J connectivity index is 2.30. The monoisotopic (exact) mass is 246 g/mol. The van der Waals surface area contributed by atoms with Gasteiger partial charge in [-0.2, -0.15) is 5.26 Å². The number of hydrogen-bond acceptors (Lipinski definition) is 3. The summed E-state index contributed by atoms with van der Waals surface area (Å²) in [5, 5.41) is 11.4. The Bertz CT molecular complexity index is 398. The first kappa shape index (κ1) is 14.0. The Hall–Kier alpha value is -2.02. The van der Waals surface area contributed by atoms with Crippen LogP contribution in [-0.2, 0) is 11.3 Å². The minimum Gasteiger partial charge on any atom is -0.445 e. The number of carbonyl (C=O) groups excluding carboxylic acids is 1. The van der Waals surface area contributed by atoms with Gasteiger partial charge in [0, 0.05) is 0 Å². The van der Waals surface area contributed by atoms with E-state index in [0.29, 0.717) is 6.42 Å². The van der Waals surface area contributed by atoms with Gasteiger partial charge in [0.25, 0.3) is 0 Å². The highest BCUT2D eigenvalue weighted by Gasteiger charge is 2.11. The second kappa shape index (κ2) is 8.13. The lowest BCUT2D eigenvalue weighted by Crippen LogP contribution is -2.34. The highest BCUT2D eigenvalue weighted by molar-refractivity contribution is 5.68. The Morgan fingerprint density at radius 3 is 2.78 bits per heavy atom. The van der Waals surface area contributed by atoms with E-state index >= 15 is 0 Å². The van der Waals surface area contributed by atoms with Crippen LogP contribution in [0.2, 0.25) is 0 Å². The van der Waals surface area contributed by atoms with E-state index in [1.807, 2.05) is 37.3 Å². The number of rotatable bonds is 6. The van der Waals surface area contributed by atoms with E-state index in [1.165, 1.54) is 0 Å². The molecule has 0 fully saturated rings. The molecule has 0 radical (unpaired) electrons. The SMILES string of the molecule is CCCC[C@H](C#N)NC(=O)OCc1ccccc1. The maximum atomic E-state index is 11.5. The van der Waals surface area contributed by atoms with Gasteiger partial charge >= 0.3 is 6.09 Å². The van der Waals surface area contributed by atoms with Gasteiger partial charge in [-0.25, -0.2) is 4.79 Å². The fourth-order valence-electron chi connectivity index (χ4n) is 1.48. The Morgan fingerprint density at radius 2 is 2.17 bits per heavy atom. The van der Waals surface area contributed by atoms with Crippen molar-refractivity contribution in [1.29, 1.82) is 5.26 Å². The molecular weight excluding hydrogens is 228 g/mol. The van der Waals surface area contributed by atoms with Crippen LogP contribution < -0.4 is 5.32 Å². The Labute approximate surface area is 108 Å². The van der Waals surface area contributed by atoms with E-state index in [9.17, 15) is 4.79 Å². The molecule has 1 amide bonds. The van der Waals surface area contributed by atoms with Gasteiger partial charge in [-0.1, -0.05) is 50.1 Å². The molecule has 0 aromatic heterocycles. The average Bonchev–Trinajstić information content (AvgIpc) is 2.42. The number of alkyl carbamates (subject to hydrolysis) is 1. The van der Waals surface area contributed by atoms with E-state index in [1.54, 1.807) is 0 Å². The van der Waals surface area contributed by atoms with E-state index in [4.69, 9.17) is 10.00 Å². The number of ether oxygens (including phenoxy) is 1. The molecule has 1 aromatic rings. The molecule has 1 atom stereocenters. The molecule has 0 aliphatic rings. The highest BCUT2D eigenvalue weighted by Crippen LogP contribution is 2.02. The first-order valence-corrected chi connectivity index (χ1v) is 6.13. The molecule has 0 aliphatic carbocycles. The summed E-state index contributed by atoms with van der Waals surface area (Å²) in [6, 6.07) is 11.0. The summed E-state index contributed by atoms with van der Waals surface area (Å²) in [4.78, 5) is 11.5. The van der Waals surface area contributed by atoms with Gasteiger partial charge in [-0.3, -0.25) is 0 Å². The van der Waals surface area contributed by atoms with Gasteiger partial charge < -0.3 is 10.1 Å². The van der Waals surface area contributed by atoms with Gasteiger partial charge in [-0.05, 0) is 12.0 Å². The van der Waals surface area contributed by atoms with Crippen molar-refractivity contribution in [2.24, 2.45) is 0 Å². The van der Waals surface area contributed by atoms with Crippen molar-refractivity contribution in [3.05, 3.63) is 35.9 Å². The lowest BCUT2D eigenvalue weighted by molar-refractivity contribution is 0.137. The molecule has 0 saturated carbocycles. The van der Waals surface area contributed by atoms with Crippen LogP contribution in [0.25, 0.3) is 0 Å². The molecule has 96 valence electrons. The number of hydrogen-bond donors (Lipinski definition) is 1. The zero-order valence-electron chi connectivity index (χ0n) is 10.6. The van der Waals surface area contributed by atoms with E-state index < -0.39 is 12.1 Å². The van der Waals surface area contributed by atoms with E-state index in [-0.39, 0.29) is 6.61 Å². The molecule has 1 aromatic carbocycles. The standard InChI is InChI=1S/C14H18N2O2/c1-2-3-9-13(10-15)16-14(17)18-11-12-7-5-4-6-8-12/h4-8,13H,2-3,9,11H2,1H3,(H,16,17)/t13-/m1/s1. The number of unbranched alkanes of at least 4 members (excludes halogenated alkanes) is 1. The van der Waals surface area contributed by atoms with Crippen molar-refractivity contribution in [3.8, 4) is 6.07 Å². The fourth-order valence-corrected chi connectivity index (χ4v) is 1.48. The van der Waals surface area contributed by atoms with Crippen LogP contribution >= 0.6 is 0 Å². The Morgan fingerprint density at radius 1 is 1.44 bits per heavy atom. The lowest BCUT2D eigenvalue weighted by Gasteiger charge is -2.11. The summed E-state index contributed by atoms with van der Waals surface area (Å²) in [7, 11) is 0. The smallest absolute Gasteiger partial charge is 0.408 e. The predicted molar refractivity (Wildman–Crippen MR) is 68.7 cm³/mol. The van der Waals surface area contributed by atoms with Gasteiger partial charge in [0.1, 0.15) is 12.6 Å². The molecule has 0 unspecified atom stereocenters. The molecule has 0 spiro atoms. The van der Waals surface area contributed by atoms with Crippen molar-refractivity contribution < 1.29 is 9.53 Å². The second-order valence-corrected chi connectivity index (χ2v) is 4.03. The predicted octanol–water partition coefficient (Wildman–Crippen LogP) is 3.00. The van der Waals surface area contributed by atoms with Crippen LogP contribution in [0.3, 0.4) is 0 Å². The molecular formula is C14H18N2O2. The first-order valence-electron chi connectivity index (χ1n) is 6.13. The van der Waals surface area contributed by atoms with Crippen LogP contribution in [0, 0.1) is 11.3 Å². The summed E-state index contributed by atoms with van der Waals surface area (Å²) in [5.74, 6) is 0. The first-order chi connectivity index (χ1) is 8.76. The third-order valence-corrected chi connectivity index (χ3v) is 2.51. The molecule has 1 rings (SSSR count).